The molecule has 0 bridgehead atoms. The quantitative estimate of drug-likeness (QED) is 0.829. The summed E-state index contributed by atoms with van der Waals surface area (Å²) in [7, 11) is 0. The number of nitrogens with two attached hydrogens (primary N) is 1. The van der Waals surface area contributed by atoms with Gasteiger partial charge in [-0.15, -0.1) is 0 Å². The number of anilines is 1. The first-order valence-electron chi connectivity index (χ1n) is 6.29. The molecule has 16 heavy (non-hydrogen) atoms. The Bertz CT molecular complexity index is 426. The number of hydrogen-bond acceptors (Lipinski definition) is 2. The van der Waals surface area contributed by atoms with Crippen molar-refractivity contribution in [3.05, 3.63) is 16.0 Å². The molecule has 1 aliphatic carbocycles. The summed E-state index contributed by atoms with van der Waals surface area (Å²) in [6, 6.07) is 0. The Hall–Kier alpha value is -1.19. The average molecular weight is 223 g/mol. The zero-order valence-electron chi connectivity index (χ0n) is 10.2. The smallest absolute Gasteiger partial charge is 0.290 e. The molecule has 0 aromatic carbocycles. The highest BCUT2D eigenvalue weighted by Gasteiger charge is 2.31. The van der Waals surface area contributed by atoms with Crippen LogP contribution >= 0.6 is 0 Å². The second kappa shape index (κ2) is 4.36. The van der Waals surface area contributed by atoms with Crippen LogP contribution in [0.1, 0.15) is 51.1 Å². The molecule has 4 heteroatoms. The van der Waals surface area contributed by atoms with Gasteiger partial charge in [-0.2, -0.15) is 0 Å². The van der Waals surface area contributed by atoms with Crippen molar-refractivity contribution in [2.45, 2.75) is 58.5 Å². The van der Waals surface area contributed by atoms with Crippen molar-refractivity contribution in [1.82, 2.24) is 9.36 Å². The highest BCUT2D eigenvalue weighted by molar-refractivity contribution is 5.45. The van der Waals surface area contributed by atoms with Crippen LogP contribution in [0.5, 0.6) is 0 Å². The number of nitrogens with zero attached hydrogens (tertiary/aromatic N) is 2. The van der Waals surface area contributed by atoms with E-state index in [0.29, 0.717) is 11.6 Å². The molecule has 1 fully saturated rings. The van der Waals surface area contributed by atoms with Gasteiger partial charge in [-0.05, 0) is 26.2 Å². The minimum Gasteiger partial charge on any atom is -0.393 e. The Labute approximate surface area is 96.0 Å². The second-order valence-corrected chi connectivity index (χ2v) is 4.57. The van der Waals surface area contributed by atoms with Crippen LogP contribution in [0.3, 0.4) is 0 Å². The molecule has 0 radical (unpaired) electrons. The summed E-state index contributed by atoms with van der Waals surface area (Å²) in [5.41, 5.74) is 7.52. The Kier molecular flexibility index (Phi) is 3.08. The van der Waals surface area contributed by atoms with Crippen molar-refractivity contribution in [3.63, 3.8) is 0 Å². The molecule has 4 nitrogen and oxygen atoms in total. The van der Waals surface area contributed by atoms with Gasteiger partial charge in [0.05, 0.1) is 5.69 Å². The summed E-state index contributed by atoms with van der Waals surface area (Å²) in [5, 5.41) is 0. The second-order valence-electron chi connectivity index (χ2n) is 4.57. The van der Waals surface area contributed by atoms with Crippen molar-refractivity contribution in [3.8, 4) is 0 Å². The molecule has 1 heterocycles. The lowest BCUT2D eigenvalue weighted by Gasteiger charge is -2.12. The van der Waals surface area contributed by atoms with Crippen LogP contribution in [0.4, 0.5) is 5.69 Å². The summed E-state index contributed by atoms with van der Waals surface area (Å²) < 4.78 is 3.91. The maximum atomic E-state index is 12.0. The molecule has 1 aromatic heterocycles. The predicted octanol–water partition coefficient (Wildman–Crippen LogP) is 1.93. The molecule has 1 aliphatic rings. The van der Waals surface area contributed by atoms with Crippen molar-refractivity contribution in [2.75, 3.05) is 5.73 Å². The summed E-state index contributed by atoms with van der Waals surface area (Å²) >= 11 is 0. The standard InChI is InChI=1S/C12H21N3O/c1-3-5-8-15-12(16)10(13)11(9-6-7-9)14(15)4-2/h9H,3-8,13H2,1-2H3. The van der Waals surface area contributed by atoms with E-state index >= 15 is 0 Å². The third-order valence-corrected chi connectivity index (χ3v) is 3.30. The number of nitrogen functional groups attached to an aromatic ring is 1. The van der Waals surface area contributed by atoms with Gasteiger partial charge in [-0.1, -0.05) is 13.3 Å². The fourth-order valence-electron chi connectivity index (χ4n) is 2.29. The maximum absolute atomic E-state index is 12.0. The van der Waals surface area contributed by atoms with E-state index in [1.54, 1.807) is 0 Å². The first kappa shape index (κ1) is 11.3. The molecule has 1 saturated carbocycles. The minimum atomic E-state index is 0.0113. The summed E-state index contributed by atoms with van der Waals surface area (Å²) in [6.07, 6.45) is 4.50. The lowest BCUT2D eigenvalue weighted by Crippen LogP contribution is -2.23. The molecular weight excluding hydrogens is 202 g/mol. The van der Waals surface area contributed by atoms with Crippen molar-refractivity contribution >= 4 is 5.69 Å². The van der Waals surface area contributed by atoms with Gasteiger partial charge in [0.25, 0.3) is 5.56 Å². The molecule has 2 rings (SSSR count). The third-order valence-electron chi connectivity index (χ3n) is 3.30. The summed E-state index contributed by atoms with van der Waals surface area (Å²) in [5.74, 6) is 0.538. The van der Waals surface area contributed by atoms with E-state index in [-0.39, 0.29) is 5.56 Å². The fourth-order valence-corrected chi connectivity index (χ4v) is 2.29. The highest BCUT2D eigenvalue weighted by atomic mass is 16.1. The van der Waals surface area contributed by atoms with Gasteiger partial charge in [0.2, 0.25) is 0 Å². The largest absolute Gasteiger partial charge is 0.393 e. The van der Waals surface area contributed by atoms with Crippen LogP contribution in [0.2, 0.25) is 0 Å². The van der Waals surface area contributed by atoms with Crippen molar-refractivity contribution in [2.24, 2.45) is 0 Å². The van der Waals surface area contributed by atoms with Crippen LogP contribution < -0.4 is 11.3 Å². The predicted molar refractivity (Wildman–Crippen MR) is 65.7 cm³/mol. The van der Waals surface area contributed by atoms with Gasteiger partial charge in [-0.25, -0.2) is 4.68 Å². The molecule has 1 aromatic rings. The van der Waals surface area contributed by atoms with Gasteiger partial charge in [0.1, 0.15) is 5.69 Å². The SMILES string of the molecule is CCCCn1c(=O)c(N)c(C2CC2)n1CC. The molecule has 0 spiro atoms. The van der Waals surface area contributed by atoms with Crippen LogP contribution in [-0.2, 0) is 13.1 Å². The average Bonchev–Trinajstić information content (AvgIpc) is 3.07. The van der Waals surface area contributed by atoms with Gasteiger partial charge < -0.3 is 5.73 Å². The molecule has 0 unspecified atom stereocenters. The van der Waals surface area contributed by atoms with E-state index in [1.165, 1.54) is 12.8 Å². The number of unbranched alkanes of at least 4 members (excludes halogenated alkanes) is 1. The molecular formula is C12H21N3O. The maximum Gasteiger partial charge on any atom is 0.290 e. The molecule has 0 amide bonds. The van der Waals surface area contributed by atoms with E-state index in [2.05, 4.69) is 18.5 Å². The van der Waals surface area contributed by atoms with Crippen LogP contribution in [0, 0.1) is 0 Å². The van der Waals surface area contributed by atoms with E-state index in [0.717, 1.165) is 31.6 Å². The molecule has 0 aliphatic heterocycles. The van der Waals surface area contributed by atoms with Crippen LogP contribution in [0.15, 0.2) is 4.79 Å². The lowest BCUT2D eigenvalue weighted by molar-refractivity contribution is 0.431. The monoisotopic (exact) mass is 223 g/mol. The summed E-state index contributed by atoms with van der Waals surface area (Å²) in [6.45, 7) is 5.84. The van der Waals surface area contributed by atoms with Crippen molar-refractivity contribution < 1.29 is 0 Å². The fraction of sp³-hybridized carbons (Fsp3) is 0.750. The van der Waals surface area contributed by atoms with Gasteiger partial charge in [0, 0.05) is 19.0 Å². The minimum absolute atomic E-state index is 0.0113. The van der Waals surface area contributed by atoms with Gasteiger partial charge in [0.15, 0.2) is 0 Å². The van der Waals surface area contributed by atoms with Crippen LogP contribution in [-0.4, -0.2) is 9.36 Å². The topological polar surface area (TPSA) is 52.9 Å². The van der Waals surface area contributed by atoms with E-state index in [4.69, 9.17) is 5.73 Å². The van der Waals surface area contributed by atoms with E-state index in [9.17, 15) is 4.79 Å². The summed E-state index contributed by atoms with van der Waals surface area (Å²) in [4.78, 5) is 12.0. The zero-order valence-corrected chi connectivity index (χ0v) is 10.2. The highest BCUT2D eigenvalue weighted by Crippen LogP contribution is 2.42. The Morgan fingerprint density at radius 2 is 2.00 bits per heavy atom. The normalized spacial score (nSPS) is 15.6. The van der Waals surface area contributed by atoms with Gasteiger partial charge in [-0.3, -0.25) is 9.48 Å². The Morgan fingerprint density at radius 3 is 2.50 bits per heavy atom. The molecule has 0 saturated heterocycles. The Morgan fingerprint density at radius 1 is 1.31 bits per heavy atom. The first-order valence-corrected chi connectivity index (χ1v) is 6.29. The molecule has 90 valence electrons. The van der Waals surface area contributed by atoms with E-state index in [1.807, 2.05) is 4.68 Å². The molecule has 0 atom stereocenters. The molecule has 2 N–H and O–H groups in total. The van der Waals surface area contributed by atoms with Crippen molar-refractivity contribution in [1.29, 1.82) is 0 Å². The van der Waals surface area contributed by atoms with E-state index < -0.39 is 0 Å². The number of rotatable bonds is 5. The van der Waals surface area contributed by atoms with Gasteiger partial charge >= 0.3 is 0 Å². The van der Waals surface area contributed by atoms with Crippen LogP contribution in [0.25, 0.3) is 0 Å². The zero-order chi connectivity index (χ0) is 11.7. The number of aromatic nitrogens is 2. The Balaban J connectivity index is 2.42. The number of hydrogen-bond donors (Lipinski definition) is 1. The first-order chi connectivity index (χ1) is 7.70. The lowest BCUT2D eigenvalue weighted by atomic mass is 10.2. The third kappa shape index (κ3) is 1.77.